The molecule has 3 rings (SSSR count). The van der Waals surface area contributed by atoms with Crippen molar-refractivity contribution in [1.29, 1.82) is 0 Å². The Bertz CT molecular complexity index is 1010. The lowest BCUT2D eigenvalue weighted by Gasteiger charge is -2.17. The predicted molar refractivity (Wildman–Crippen MR) is 104 cm³/mol. The summed E-state index contributed by atoms with van der Waals surface area (Å²) in [6, 6.07) is 7.11. The fourth-order valence-corrected chi connectivity index (χ4v) is 3.62. The minimum absolute atomic E-state index is 0.143. The quantitative estimate of drug-likeness (QED) is 0.711. The van der Waals surface area contributed by atoms with Gasteiger partial charge in [0.1, 0.15) is 10.4 Å². The lowest BCUT2D eigenvalue weighted by atomic mass is 9.91. The van der Waals surface area contributed by atoms with E-state index >= 15 is 0 Å². The fraction of sp³-hybridized carbons (Fsp3) is 0.263. The van der Waals surface area contributed by atoms with Gasteiger partial charge in [-0.05, 0) is 25.1 Å². The van der Waals surface area contributed by atoms with E-state index in [1.807, 2.05) is 20.8 Å². The lowest BCUT2D eigenvalue weighted by molar-refractivity contribution is 0.0696. The third kappa shape index (κ3) is 3.75. The van der Waals surface area contributed by atoms with Gasteiger partial charge in [0.15, 0.2) is 0 Å². The normalized spacial score (nSPS) is 11.4. The van der Waals surface area contributed by atoms with Crippen LogP contribution in [0.2, 0.25) is 0 Å². The van der Waals surface area contributed by atoms with Gasteiger partial charge in [-0.15, -0.1) is 11.3 Å². The van der Waals surface area contributed by atoms with Gasteiger partial charge in [-0.3, -0.25) is 4.79 Å². The predicted octanol–water partition coefficient (Wildman–Crippen LogP) is 3.89. The van der Waals surface area contributed by atoms with E-state index in [-0.39, 0.29) is 16.9 Å². The Morgan fingerprint density at radius 1 is 1.26 bits per heavy atom. The first-order chi connectivity index (χ1) is 12.7. The van der Waals surface area contributed by atoms with Crippen molar-refractivity contribution >= 4 is 28.9 Å². The zero-order valence-electron chi connectivity index (χ0n) is 15.5. The maximum absolute atomic E-state index is 12.7. The standard InChI is InChI=1S/C19H20N4O3S/c1-11-14(18(25)26)9-21-23(11)13-7-5-6-12(8-13)22-17(24)15-16(19(2,3)4)20-10-27-15/h5-10H,1-4H3,(H,22,24)(H,25,26). The Morgan fingerprint density at radius 2 is 2.00 bits per heavy atom. The molecule has 0 spiro atoms. The number of nitrogens with zero attached hydrogens (tertiary/aromatic N) is 3. The summed E-state index contributed by atoms with van der Waals surface area (Å²) in [5, 5.41) is 16.2. The van der Waals surface area contributed by atoms with Gasteiger partial charge in [-0.2, -0.15) is 5.10 Å². The van der Waals surface area contributed by atoms with Crippen LogP contribution in [0.3, 0.4) is 0 Å². The van der Waals surface area contributed by atoms with Crippen molar-refractivity contribution in [2.75, 3.05) is 5.32 Å². The first kappa shape index (κ1) is 18.8. The number of nitrogens with one attached hydrogen (secondary N) is 1. The molecule has 1 amide bonds. The van der Waals surface area contributed by atoms with Crippen LogP contribution in [0, 0.1) is 6.92 Å². The molecule has 0 aliphatic rings. The van der Waals surface area contributed by atoms with Crippen LogP contribution in [-0.4, -0.2) is 31.7 Å². The SMILES string of the molecule is Cc1c(C(=O)O)cnn1-c1cccc(NC(=O)c2scnc2C(C)(C)C)c1. The second kappa shape index (κ2) is 6.96. The minimum Gasteiger partial charge on any atom is -0.478 e. The van der Waals surface area contributed by atoms with E-state index < -0.39 is 5.97 Å². The van der Waals surface area contributed by atoms with Crippen LogP contribution in [0.15, 0.2) is 36.0 Å². The molecule has 0 atom stereocenters. The maximum Gasteiger partial charge on any atom is 0.339 e. The van der Waals surface area contributed by atoms with E-state index in [0.717, 1.165) is 5.69 Å². The lowest BCUT2D eigenvalue weighted by Crippen LogP contribution is -2.19. The van der Waals surface area contributed by atoms with Gasteiger partial charge in [0.2, 0.25) is 0 Å². The molecule has 7 nitrogen and oxygen atoms in total. The monoisotopic (exact) mass is 384 g/mol. The number of thiazole rings is 1. The molecule has 2 aromatic heterocycles. The van der Waals surface area contributed by atoms with E-state index in [1.165, 1.54) is 22.2 Å². The van der Waals surface area contributed by atoms with Crippen LogP contribution in [0.5, 0.6) is 0 Å². The van der Waals surface area contributed by atoms with Crippen molar-refractivity contribution in [2.45, 2.75) is 33.1 Å². The number of carbonyl (C=O) groups excluding carboxylic acids is 1. The smallest absolute Gasteiger partial charge is 0.339 e. The highest BCUT2D eigenvalue weighted by Gasteiger charge is 2.25. The number of aromatic carboxylic acids is 1. The van der Waals surface area contributed by atoms with Gasteiger partial charge in [-0.1, -0.05) is 26.8 Å². The van der Waals surface area contributed by atoms with Crippen molar-refractivity contribution in [2.24, 2.45) is 0 Å². The largest absolute Gasteiger partial charge is 0.478 e. The number of carboxylic acids is 1. The third-order valence-electron chi connectivity index (χ3n) is 4.07. The summed E-state index contributed by atoms with van der Waals surface area (Å²) in [6.45, 7) is 7.73. The van der Waals surface area contributed by atoms with Gasteiger partial charge in [-0.25, -0.2) is 14.5 Å². The number of hydrogen-bond donors (Lipinski definition) is 2. The molecule has 0 saturated carbocycles. The first-order valence-corrected chi connectivity index (χ1v) is 9.20. The average Bonchev–Trinajstić information content (AvgIpc) is 3.21. The Labute approximate surface area is 160 Å². The number of anilines is 1. The number of aromatic nitrogens is 3. The number of benzene rings is 1. The van der Waals surface area contributed by atoms with Crippen molar-refractivity contribution < 1.29 is 14.7 Å². The number of hydrogen-bond acceptors (Lipinski definition) is 5. The third-order valence-corrected chi connectivity index (χ3v) is 4.90. The minimum atomic E-state index is -1.02. The van der Waals surface area contributed by atoms with Crippen LogP contribution in [0.4, 0.5) is 5.69 Å². The summed E-state index contributed by atoms with van der Waals surface area (Å²) in [5.41, 5.74) is 4.12. The molecule has 0 bridgehead atoms. The number of carbonyl (C=O) groups is 2. The summed E-state index contributed by atoms with van der Waals surface area (Å²) in [6.07, 6.45) is 1.32. The second-order valence-electron chi connectivity index (χ2n) is 7.15. The summed E-state index contributed by atoms with van der Waals surface area (Å²) in [7, 11) is 0. The highest BCUT2D eigenvalue weighted by molar-refractivity contribution is 7.12. The molecule has 0 saturated heterocycles. The van der Waals surface area contributed by atoms with Crippen molar-refractivity contribution in [3.8, 4) is 5.69 Å². The zero-order valence-corrected chi connectivity index (χ0v) is 16.3. The van der Waals surface area contributed by atoms with Crippen LogP contribution in [0.25, 0.3) is 5.69 Å². The Kier molecular flexibility index (Phi) is 4.84. The summed E-state index contributed by atoms with van der Waals surface area (Å²) in [5.74, 6) is -1.24. The number of rotatable bonds is 4. The summed E-state index contributed by atoms with van der Waals surface area (Å²) in [4.78, 5) is 28.8. The maximum atomic E-state index is 12.7. The Balaban J connectivity index is 1.88. The van der Waals surface area contributed by atoms with Crippen LogP contribution < -0.4 is 5.32 Å². The molecule has 8 heteroatoms. The first-order valence-electron chi connectivity index (χ1n) is 8.32. The van der Waals surface area contributed by atoms with E-state index in [4.69, 9.17) is 0 Å². The molecule has 3 aromatic rings. The number of amides is 1. The fourth-order valence-electron chi connectivity index (χ4n) is 2.72. The molecule has 0 radical (unpaired) electrons. The molecule has 27 heavy (non-hydrogen) atoms. The zero-order chi connectivity index (χ0) is 19.8. The molecule has 0 aliphatic carbocycles. The van der Waals surface area contributed by atoms with Gasteiger partial charge in [0, 0.05) is 11.1 Å². The summed E-state index contributed by atoms with van der Waals surface area (Å²) >= 11 is 1.31. The molecule has 0 aliphatic heterocycles. The average molecular weight is 384 g/mol. The molecular formula is C19H20N4O3S. The molecule has 2 heterocycles. The molecular weight excluding hydrogens is 364 g/mol. The Hall–Kier alpha value is -3.00. The van der Waals surface area contributed by atoms with Crippen LogP contribution >= 0.6 is 11.3 Å². The van der Waals surface area contributed by atoms with Crippen LogP contribution in [0.1, 0.15) is 52.2 Å². The topological polar surface area (TPSA) is 97.1 Å². The van der Waals surface area contributed by atoms with Crippen LogP contribution in [-0.2, 0) is 5.41 Å². The van der Waals surface area contributed by atoms with E-state index in [2.05, 4.69) is 15.4 Å². The highest BCUT2D eigenvalue weighted by atomic mass is 32.1. The number of carboxylic acid groups (broad SMARTS) is 1. The van der Waals surface area contributed by atoms with Gasteiger partial charge in [0.25, 0.3) is 5.91 Å². The van der Waals surface area contributed by atoms with Gasteiger partial charge >= 0.3 is 5.97 Å². The van der Waals surface area contributed by atoms with Gasteiger partial charge < -0.3 is 10.4 Å². The van der Waals surface area contributed by atoms with E-state index in [0.29, 0.717) is 21.9 Å². The molecule has 2 N–H and O–H groups in total. The highest BCUT2D eigenvalue weighted by Crippen LogP contribution is 2.28. The molecule has 0 fully saturated rings. The van der Waals surface area contributed by atoms with E-state index in [9.17, 15) is 14.7 Å². The van der Waals surface area contributed by atoms with Crippen molar-refractivity contribution in [3.63, 3.8) is 0 Å². The molecule has 1 aromatic carbocycles. The molecule has 0 unspecified atom stereocenters. The van der Waals surface area contributed by atoms with Gasteiger partial charge in [0.05, 0.1) is 28.8 Å². The molecule has 140 valence electrons. The summed E-state index contributed by atoms with van der Waals surface area (Å²) < 4.78 is 1.53. The Morgan fingerprint density at radius 3 is 2.63 bits per heavy atom. The second-order valence-corrected chi connectivity index (χ2v) is 8.00. The van der Waals surface area contributed by atoms with Crippen molar-refractivity contribution in [1.82, 2.24) is 14.8 Å². The van der Waals surface area contributed by atoms with Crippen molar-refractivity contribution in [3.05, 3.63) is 57.8 Å². The van der Waals surface area contributed by atoms with E-state index in [1.54, 1.807) is 36.7 Å².